The van der Waals surface area contributed by atoms with Crippen molar-refractivity contribution in [1.29, 1.82) is 0 Å². The smallest absolute Gasteiger partial charge is 0.254 e. The van der Waals surface area contributed by atoms with Crippen molar-refractivity contribution in [3.63, 3.8) is 0 Å². The highest BCUT2D eigenvalue weighted by atomic mass is 16.5. The maximum Gasteiger partial charge on any atom is 0.254 e. The Labute approximate surface area is 109 Å². The largest absolute Gasteiger partial charge is 0.489 e. The number of rotatable bonds is 3. The van der Waals surface area contributed by atoms with Gasteiger partial charge in [0.1, 0.15) is 5.75 Å². The van der Waals surface area contributed by atoms with Crippen molar-refractivity contribution in [2.45, 2.75) is 45.1 Å². The second-order valence-corrected chi connectivity index (χ2v) is 5.83. The minimum absolute atomic E-state index is 0.0335. The molecule has 0 unspecified atom stereocenters. The van der Waals surface area contributed by atoms with E-state index in [0.717, 1.165) is 24.2 Å². The van der Waals surface area contributed by atoms with Crippen LogP contribution in [0, 0.1) is 0 Å². The molecule has 1 fully saturated rings. The van der Waals surface area contributed by atoms with Crippen molar-refractivity contribution in [2.24, 2.45) is 0 Å². The average Bonchev–Trinajstić information content (AvgIpc) is 3.11. The second-order valence-electron chi connectivity index (χ2n) is 5.83. The van der Waals surface area contributed by atoms with E-state index in [9.17, 15) is 4.79 Å². The van der Waals surface area contributed by atoms with Crippen LogP contribution in [0.4, 0.5) is 0 Å². The average molecular weight is 247 g/mol. The number of carbonyl (C=O) groups is 1. The van der Waals surface area contributed by atoms with Gasteiger partial charge in [0, 0.05) is 12.6 Å². The third-order valence-corrected chi connectivity index (χ3v) is 3.10. The SMILES string of the molecule is CNC(=O)c1cccc(C(C)(C)C)c1OC1CC1. The van der Waals surface area contributed by atoms with Crippen LogP contribution in [0.3, 0.4) is 0 Å². The summed E-state index contributed by atoms with van der Waals surface area (Å²) < 4.78 is 5.98. The highest BCUT2D eigenvalue weighted by Gasteiger charge is 2.29. The Hall–Kier alpha value is -1.51. The van der Waals surface area contributed by atoms with E-state index in [-0.39, 0.29) is 17.4 Å². The van der Waals surface area contributed by atoms with Gasteiger partial charge < -0.3 is 10.1 Å². The van der Waals surface area contributed by atoms with Gasteiger partial charge in [-0.2, -0.15) is 0 Å². The highest BCUT2D eigenvalue weighted by Crippen LogP contribution is 2.37. The third-order valence-electron chi connectivity index (χ3n) is 3.10. The molecule has 1 saturated carbocycles. The topological polar surface area (TPSA) is 38.3 Å². The molecule has 1 aromatic carbocycles. The van der Waals surface area contributed by atoms with Crippen LogP contribution in [-0.4, -0.2) is 19.1 Å². The molecule has 0 radical (unpaired) electrons. The summed E-state index contributed by atoms with van der Waals surface area (Å²) in [5, 5.41) is 2.68. The summed E-state index contributed by atoms with van der Waals surface area (Å²) in [4.78, 5) is 11.9. The van der Waals surface area contributed by atoms with E-state index in [1.807, 2.05) is 18.2 Å². The van der Waals surface area contributed by atoms with Crippen LogP contribution in [0.5, 0.6) is 5.75 Å². The second kappa shape index (κ2) is 4.63. The van der Waals surface area contributed by atoms with Gasteiger partial charge in [-0.3, -0.25) is 4.79 Å². The fraction of sp³-hybridized carbons (Fsp3) is 0.533. The predicted octanol–water partition coefficient (Wildman–Crippen LogP) is 2.88. The maximum atomic E-state index is 11.9. The van der Waals surface area contributed by atoms with Crippen LogP contribution >= 0.6 is 0 Å². The maximum absolute atomic E-state index is 11.9. The molecule has 18 heavy (non-hydrogen) atoms. The molecule has 98 valence electrons. The molecule has 1 aliphatic carbocycles. The summed E-state index contributed by atoms with van der Waals surface area (Å²) >= 11 is 0. The van der Waals surface area contributed by atoms with Gasteiger partial charge >= 0.3 is 0 Å². The molecule has 3 heteroatoms. The number of hydrogen-bond donors (Lipinski definition) is 1. The predicted molar refractivity (Wildman–Crippen MR) is 72.2 cm³/mol. The van der Waals surface area contributed by atoms with Crippen molar-refractivity contribution in [3.05, 3.63) is 29.3 Å². The summed E-state index contributed by atoms with van der Waals surface area (Å²) in [6, 6.07) is 5.79. The summed E-state index contributed by atoms with van der Waals surface area (Å²) in [6.07, 6.45) is 2.47. The van der Waals surface area contributed by atoms with E-state index < -0.39 is 0 Å². The lowest BCUT2D eigenvalue weighted by molar-refractivity contribution is 0.0958. The van der Waals surface area contributed by atoms with Crippen molar-refractivity contribution in [2.75, 3.05) is 7.05 Å². The third kappa shape index (κ3) is 2.66. The van der Waals surface area contributed by atoms with Gasteiger partial charge in [-0.05, 0) is 24.3 Å². The van der Waals surface area contributed by atoms with Gasteiger partial charge in [0.25, 0.3) is 5.91 Å². The quantitative estimate of drug-likeness (QED) is 0.892. The fourth-order valence-electron chi connectivity index (χ4n) is 1.92. The van der Waals surface area contributed by atoms with E-state index in [2.05, 4.69) is 26.1 Å². The highest BCUT2D eigenvalue weighted by molar-refractivity contribution is 5.97. The minimum atomic E-state index is -0.0863. The number of amides is 1. The van der Waals surface area contributed by atoms with E-state index in [4.69, 9.17) is 4.74 Å². The zero-order valence-corrected chi connectivity index (χ0v) is 11.5. The molecule has 3 nitrogen and oxygen atoms in total. The van der Waals surface area contributed by atoms with E-state index in [1.165, 1.54) is 0 Å². The van der Waals surface area contributed by atoms with Gasteiger partial charge in [0.15, 0.2) is 0 Å². The van der Waals surface area contributed by atoms with Crippen LogP contribution in [0.25, 0.3) is 0 Å². The van der Waals surface area contributed by atoms with Gasteiger partial charge in [0.05, 0.1) is 11.7 Å². The zero-order chi connectivity index (χ0) is 13.3. The molecule has 0 atom stereocenters. The van der Waals surface area contributed by atoms with Crippen LogP contribution < -0.4 is 10.1 Å². The molecule has 1 N–H and O–H groups in total. The first-order valence-electron chi connectivity index (χ1n) is 6.45. The molecule has 1 amide bonds. The number of nitrogens with one attached hydrogen (secondary N) is 1. The Bertz CT molecular complexity index is 456. The van der Waals surface area contributed by atoms with E-state index in [1.54, 1.807) is 7.05 Å². The minimum Gasteiger partial charge on any atom is -0.489 e. The van der Waals surface area contributed by atoms with Crippen LogP contribution in [0.1, 0.15) is 49.5 Å². The van der Waals surface area contributed by atoms with E-state index in [0.29, 0.717) is 5.56 Å². The lowest BCUT2D eigenvalue weighted by Crippen LogP contribution is -2.22. The van der Waals surface area contributed by atoms with Gasteiger partial charge in [-0.1, -0.05) is 32.9 Å². The van der Waals surface area contributed by atoms with Crippen LogP contribution in [0.15, 0.2) is 18.2 Å². The first kappa shape index (κ1) is 12.9. The van der Waals surface area contributed by atoms with Crippen molar-refractivity contribution in [1.82, 2.24) is 5.32 Å². The Balaban J connectivity index is 2.48. The molecule has 2 rings (SSSR count). The molecule has 0 heterocycles. The Morgan fingerprint density at radius 1 is 1.33 bits per heavy atom. The zero-order valence-electron chi connectivity index (χ0n) is 11.5. The summed E-state index contributed by atoms with van der Waals surface area (Å²) in [6.45, 7) is 6.40. The summed E-state index contributed by atoms with van der Waals surface area (Å²) in [7, 11) is 1.65. The molecule has 0 aliphatic heterocycles. The Morgan fingerprint density at radius 3 is 2.50 bits per heavy atom. The monoisotopic (exact) mass is 247 g/mol. The molecule has 0 aromatic heterocycles. The van der Waals surface area contributed by atoms with Gasteiger partial charge in [0.2, 0.25) is 0 Å². The lowest BCUT2D eigenvalue weighted by Gasteiger charge is -2.24. The Kier molecular flexibility index (Phi) is 3.33. The van der Waals surface area contributed by atoms with Gasteiger partial charge in [-0.25, -0.2) is 0 Å². The molecular weight excluding hydrogens is 226 g/mol. The van der Waals surface area contributed by atoms with Crippen molar-refractivity contribution in [3.8, 4) is 5.75 Å². The summed E-state index contributed by atoms with van der Waals surface area (Å²) in [5.74, 6) is 0.670. The van der Waals surface area contributed by atoms with Crippen molar-refractivity contribution >= 4 is 5.91 Å². The molecular formula is C15H21NO2. The summed E-state index contributed by atoms with van der Waals surface area (Å²) in [5.41, 5.74) is 1.70. The van der Waals surface area contributed by atoms with Crippen molar-refractivity contribution < 1.29 is 9.53 Å². The molecule has 0 bridgehead atoms. The number of benzene rings is 1. The van der Waals surface area contributed by atoms with E-state index >= 15 is 0 Å². The number of carbonyl (C=O) groups excluding carboxylic acids is 1. The number of hydrogen-bond acceptors (Lipinski definition) is 2. The van der Waals surface area contributed by atoms with Crippen LogP contribution in [-0.2, 0) is 5.41 Å². The van der Waals surface area contributed by atoms with Crippen LogP contribution in [0.2, 0.25) is 0 Å². The fourth-order valence-corrected chi connectivity index (χ4v) is 1.92. The first-order valence-corrected chi connectivity index (χ1v) is 6.45. The first-order chi connectivity index (χ1) is 8.43. The normalized spacial score (nSPS) is 15.3. The lowest BCUT2D eigenvalue weighted by atomic mass is 9.85. The van der Waals surface area contributed by atoms with Gasteiger partial charge in [-0.15, -0.1) is 0 Å². The molecule has 0 spiro atoms. The molecule has 1 aromatic rings. The molecule has 1 aliphatic rings. The number of para-hydroxylation sites is 1. The number of ether oxygens (including phenoxy) is 1. The standard InChI is InChI=1S/C15H21NO2/c1-15(2,3)12-7-5-6-11(14(17)16-4)13(12)18-10-8-9-10/h5-7,10H,8-9H2,1-4H3,(H,16,17). The Morgan fingerprint density at radius 2 is 2.00 bits per heavy atom. The molecule has 0 saturated heterocycles.